The third kappa shape index (κ3) is 2.75. The molecule has 1 aromatic heterocycles. The molecule has 2 atom stereocenters. The summed E-state index contributed by atoms with van der Waals surface area (Å²) in [4.78, 5) is 2.43. The van der Waals surface area contributed by atoms with Crippen molar-refractivity contribution < 1.29 is 4.74 Å². The first-order valence-corrected chi connectivity index (χ1v) is 7.68. The van der Waals surface area contributed by atoms with Crippen molar-refractivity contribution in [3.63, 3.8) is 0 Å². The molecule has 2 unspecified atom stereocenters. The van der Waals surface area contributed by atoms with Gasteiger partial charge in [0.1, 0.15) is 0 Å². The van der Waals surface area contributed by atoms with Crippen LogP contribution in [0, 0.1) is 0 Å². The number of hydrazine groups is 1. The molecule has 0 aliphatic carbocycles. The number of nitrogens with one attached hydrogen (secondary N) is 1. The molecule has 0 aromatic carbocycles. The minimum atomic E-state index is -0.128. The number of morpholine rings is 1. The van der Waals surface area contributed by atoms with Crippen LogP contribution in [0.4, 0.5) is 0 Å². The summed E-state index contributed by atoms with van der Waals surface area (Å²) in [6.45, 7) is 7.74. The molecule has 114 valence electrons. The van der Waals surface area contributed by atoms with Gasteiger partial charge in [-0.3, -0.25) is 10.7 Å². The Bertz CT molecular complexity index is 428. The second-order valence-electron chi connectivity index (χ2n) is 5.30. The van der Waals surface area contributed by atoms with Crippen molar-refractivity contribution in [3.8, 4) is 0 Å². The van der Waals surface area contributed by atoms with E-state index in [1.165, 1.54) is 0 Å². The molecule has 1 aliphatic heterocycles. The fourth-order valence-corrected chi connectivity index (χ4v) is 3.44. The lowest BCUT2D eigenvalue weighted by Crippen LogP contribution is -2.59. The highest BCUT2D eigenvalue weighted by atomic mass is 79.9. The van der Waals surface area contributed by atoms with Crippen LogP contribution < -0.4 is 11.3 Å². The molecule has 1 aliphatic rings. The quantitative estimate of drug-likeness (QED) is 0.599. The van der Waals surface area contributed by atoms with E-state index in [0.29, 0.717) is 0 Å². The van der Waals surface area contributed by atoms with Crippen molar-refractivity contribution in [1.82, 2.24) is 25.3 Å². The predicted octanol–water partition coefficient (Wildman–Crippen LogP) is 0.583. The Morgan fingerprint density at radius 2 is 2.15 bits per heavy atom. The molecule has 7 nitrogen and oxygen atoms in total. The van der Waals surface area contributed by atoms with Crippen molar-refractivity contribution in [2.24, 2.45) is 12.9 Å². The Labute approximate surface area is 127 Å². The van der Waals surface area contributed by atoms with Crippen LogP contribution in [-0.4, -0.2) is 51.7 Å². The number of ether oxygens (including phenoxy) is 1. The molecular formula is C12H23BrN6O. The van der Waals surface area contributed by atoms with Gasteiger partial charge in [0, 0.05) is 25.7 Å². The summed E-state index contributed by atoms with van der Waals surface area (Å²) in [6.07, 6.45) is 0.958. The first-order chi connectivity index (χ1) is 9.54. The number of rotatable bonds is 5. The van der Waals surface area contributed by atoms with Crippen LogP contribution in [0.1, 0.15) is 32.0 Å². The molecule has 2 rings (SSSR count). The van der Waals surface area contributed by atoms with Gasteiger partial charge in [0.05, 0.1) is 24.9 Å². The van der Waals surface area contributed by atoms with Gasteiger partial charge in [0.2, 0.25) is 0 Å². The van der Waals surface area contributed by atoms with Crippen LogP contribution in [0.25, 0.3) is 0 Å². The van der Waals surface area contributed by atoms with Crippen LogP contribution in [0.15, 0.2) is 4.60 Å². The third-order valence-electron chi connectivity index (χ3n) is 4.34. The first-order valence-electron chi connectivity index (χ1n) is 6.88. The molecule has 1 saturated heterocycles. The number of aryl methyl sites for hydroxylation is 1. The minimum Gasteiger partial charge on any atom is -0.379 e. The summed E-state index contributed by atoms with van der Waals surface area (Å²) in [7, 11) is 1.88. The molecule has 0 radical (unpaired) electrons. The molecule has 0 saturated carbocycles. The summed E-state index contributed by atoms with van der Waals surface area (Å²) < 4.78 is 7.96. The topological polar surface area (TPSA) is 81.2 Å². The zero-order chi connectivity index (χ0) is 14.8. The highest BCUT2D eigenvalue weighted by molar-refractivity contribution is 9.10. The van der Waals surface area contributed by atoms with Gasteiger partial charge in [0.15, 0.2) is 4.60 Å². The van der Waals surface area contributed by atoms with Crippen molar-refractivity contribution in [2.45, 2.75) is 31.8 Å². The normalized spacial score (nSPS) is 21.6. The standard InChI is InChI=1S/C12H23BrN6O/c1-4-12(2,19-5-7-20-8-6-19)10(15-14)9-11(13)16-17-18(9)3/h10,15H,4-8,14H2,1-3H3. The average molecular weight is 347 g/mol. The van der Waals surface area contributed by atoms with E-state index in [1.54, 1.807) is 4.68 Å². The Morgan fingerprint density at radius 1 is 1.50 bits per heavy atom. The zero-order valence-corrected chi connectivity index (χ0v) is 13.9. The fourth-order valence-electron chi connectivity index (χ4n) is 2.88. The number of hydrogen-bond acceptors (Lipinski definition) is 6. The maximum atomic E-state index is 5.87. The maximum absolute atomic E-state index is 5.87. The van der Waals surface area contributed by atoms with E-state index in [-0.39, 0.29) is 11.6 Å². The van der Waals surface area contributed by atoms with Gasteiger partial charge in [-0.2, -0.15) is 0 Å². The SMILES string of the molecule is CCC(C)(C(NN)c1c(Br)nnn1C)N1CCOCC1. The molecule has 8 heteroatoms. The Hall–Kier alpha value is -0.540. The third-order valence-corrected chi connectivity index (χ3v) is 4.90. The molecule has 1 aromatic rings. The number of hydrogen-bond donors (Lipinski definition) is 2. The van der Waals surface area contributed by atoms with E-state index in [4.69, 9.17) is 10.6 Å². The van der Waals surface area contributed by atoms with Gasteiger partial charge in [0.25, 0.3) is 0 Å². The summed E-state index contributed by atoms with van der Waals surface area (Å²) in [5, 5.41) is 8.13. The van der Waals surface area contributed by atoms with Gasteiger partial charge in [-0.15, -0.1) is 5.10 Å². The Balaban J connectivity index is 2.36. The minimum absolute atomic E-state index is 0.0695. The van der Waals surface area contributed by atoms with Crippen LogP contribution in [-0.2, 0) is 11.8 Å². The van der Waals surface area contributed by atoms with E-state index in [2.05, 4.69) is 50.4 Å². The lowest BCUT2D eigenvalue weighted by molar-refractivity contribution is -0.0340. The number of halogens is 1. The summed E-state index contributed by atoms with van der Waals surface area (Å²) in [5.41, 5.74) is 3.79. The number of nitrogens with zero attached hydrogens (tertiary/aromatic N) is 4. The van der Waals surface area contributed by atoms with Gasteiger partial charge < -0.3 is 4.74 Å². The molecule has 2 heterocycles. The molecule has 20 heavy (non-hydrogen) atoms. The zero-order valence-electron chi connectivity index (χ0n) is 12.3. The highest BCUT2D eigenvalue weighted by Gasteiger charge is 2.42. The Kier molecular flexibility index (Phi) is 5.14. The second-order valence-corrected chi connectivity index (χ2v) is 6.05. The van der Waals surface area contributed by atoms with Crippen LogP contribution in [0.3, 0.4) is 0 Å². The van der Waals surface area contributed by atoms with Crippen molar-refractivity contribution in [3.05, 3.63) is 10.3 Å². The summed E-state index contributed by atoms with van der Waals surface area (Å²) in [6, 6.07) is -0.0695. The second kappa shape index (κ2) is 6.48. The van der Waals surface area contributed by atoms with Crippen LogP contribution in [0.2, 0.25) is 0 Å². The van der Waals surface area contributed by atoms with Gasteiger partial charge in [-0.1, -0.05) is 12.1 Å². The van der Waals surface area contributed by atoms with Crippen molar-refractivity contribution in [1.29, 1.82) is 0 Å². The van der Waals surface area contributed by atoms with Crippen LogP contribution >= 0.6 is 15.9 Å². The molecule has 0 amide bonds. The Morgan fingerprint density at radius 3 is 2.60 bits per heavy atom. The van der Waals surface area contributed by atoms with Crippen molar-refractivity contribution >= 4 is 15.9 Å². The highest BCUT2D eigenvalue weighted by Crippen LogP contribution is 2.36. The lowest BCUT2D eigenvalue weighted by atomic mass is 9.85. The molecule has 0 bridgehead atoms. The van der Waals surface area contributed by atoms with E-state index in [9.17, 15) is 0 Å². The number of nitrogens with two attached hydrogens (primary N) is 1. The monoisotopic (exact) mass is 346 g/mol. The molecule has 3 N–H and O–H groups in total. The van der Waals surface area contributed by atoms with E-state index >= 15 is 0 Å². The van der Waals surface area contributed by atoms with E-state index in [1.807, 2.05) is 7.05 Å². The molecule has 0 spiro atoms. The lowest BCUT2D eigenvalue weighted by Gasteiger charge is -2.47. The summed E-state index contributed by atoms with van der Waals surface area (Å²) in [5.74, 6) is 5.87. The molecule has 1 fully saturated rings. The molecular weight excluding hydrogens is 324 g/mol. The van der Waals surface area contributed by atoms with Crippen molar-refractivity contribution in [2.75, 3.05) is 26.3 Å². The van der Waals surface area contributed by atoms with E-state index < -0.39 is 0 Å². The smallest absolute Gasteiger partial charge is 0.153 e. The van der Waals surface area contributed by atoms with Gasteiger partial charge >= 0.3 is 0 Å². The van der Waals surface area contributed by atoms with Gasteiger partial charge in [-0.25, -0.2) is 10.1 Å². The van der Waals surface area contributed by atoms with Gasteiger partial charge in [-0.05, 0) is 29.3 Å². The van der Waals surface area contributed by atoms with E-state index in [0.717, 1.165) is 43.0 Å². The largest absolute Gasteiger partial charge is 0.379 e. The maximum Gasteiger partial charge on any atom is 0.153 e. The number of aromatic nitrogens is 3. The average Bonchev–Trinajstić information content (AvgIpc) is 2.81. The summed E-state index contributed by atoms with van der Waals surface area (Å²) >= 11 is 3.47. The predicted molar refractivity (Wildman–Crippen MR) is 79.9 cm³/mol. The first kappa shape index (κ1) is 15.8. The fraction of sp³-hybridized carbons (Fsp3) is 0.833. The van der Waals surface area contributed by atoms with Crippen LogP contribution in [0.5, 0.6) is 0 Å².